The molecule has 0 aromatic rings. The van der Waals surface area contributed by atoms with Gasteiger partial charge in [0, 0.05) is 17.4 Å². The van der Waals surface area contributed by atoms with E-state index in [0.29, 0.717) is 25.0 Å². The number of hydrogen-bond donors (Lipinski definition) is 1. The molecule has 108 valence electrons. The summed E-state index contributed by atoms with van der Waals surface area (Å²) in [7, 11) is 0. The zero-order valence-corrected chi connectivity index (χ0v) is 13.1. The van der Waals surface area contributed by atoms with Crippen molar-refractivity contribution in [3.05, 3.63) is 11.3 Å². The number of carbonyl (C=O) groups excluding carboxylic acids is 2. The van der Waals surface area contributed by atoms with Crippen LogP contribution < -0.4 is 5.32 Å². The van der Waals surface area contributed by atoms with Gasteiger partial charge >= 0.3 is 5.97 Å². The van der Waals surface area contributed by atoms with Gasteiger partial charge in [0.05, 0.1) is 12.2 Å². The molecule has 0 aromatic carbocycles. The van der Waals surface area contributed by atoms with Gasteiger partial charge in [0.1, 0.15) is 0 Å². The molecule has 0 saturated carbocycles. The van der Waals surface area contributed by atoms with Gasteiger partial charge in [0.25, 0.3) is 0 Å². The molecule has 0 aromatic heterocycles. The average molecular weight is 332 g/mol. The van der Waals surface area contributed by atoms with Gasteiger partial charge in [-0.25, -0.2) is 4.79 Å². The molecule has 0 aliphatic heterocycles. The first-order valence-corrected chi connectivity index (χ1v) is 8.06. The maximum atomic E-state index is 11.8. The number of ether oxygens (including phenoxy) is 1. The Morgan fingerprint density at radius 2 is 2.00 bits per heavy atom. The fourth-order valence-corrected chi connectivity index (χ4v) is 2.49. The number of carbonyl (C=O) groups is 2. The van der Waals surface area contributed by atoms with Gasteiger partial charge in [-0.3, -0.25) is 4.79 Å². The van der Waals surface area contributed by atoms with Crippen molar-refractivity contribution in [1.29, 1.82) is 0 Å². The Hall–Kier alpha value is -0.840. The van der Waals surface area contributed by atoms with Crippen LogP contribution in [0.25, 0.3) is 0 Å². The van der Waals surface area contributed by atoms with Crippen molar-refractivity contribution >= 4 is 27.8 Å². The second-order valence-electron chi connectivity index (χ2n) is 4.58. The molecule has 5 heteroatoms. The topological polar surface area (TPSA) is 55.4 Å². The molecule has 19 heavy (non-hydrogen) atoms. The van der Waals surface area contributed by atoms with Gasteiger partial charge < -0.3 is 10.1 Å². The minimum absolute atomic E-state index is 0.000325. The van der Waals surface area contributed by atoms with E-state index in [1.807, 2.05) is 0 Å². The van der Waals surface area contributed by atoms with E-state index in [9.17, 15) is 9.59 Å². The van der Waals surface area contributed by atoms with Crippen molar-refractivity contribution in [2.75, 3.05) is 11.9 Å². The lowest BCUT2D eigenvalue weighted by Crippen LogP contribution is -2.27. The lowest BCUT2D eigenvalue weighted by Gasteiger charge is -2.19. The predicted molar refractivity (Wildman–Crippen MR) is 77.9 cm³/mol. The SMILES string of the molecule is CCOC(=O)C1=C(NC(=O)CCCCBr)CCCC1. The molecule has 1 N–H and O–H groups in total. The van der Waals surface area contributed by atoms with Crippen LogP contribution in [0.15, 0.2) is 11.3 Å². The number of rotatable bonds is 7. The van der Waals surface area contributed by atoms with E-state index in [2.05, 4.69) is 21.2 Å². The van der Waals surface area contributed by atoms with Crippen LogP contribution in [0.1, 0.15) is 51.9 Å². The smallest absolute Gasteiger partial charge is 0.335 e. The molecule has 0 fully saturated rings. The van der Waals surface area contributed by atoms with Crippen molar-refractivity contribution < 1.29 is 14.3 Å². The number of alkyl halides is 1. The molecule has 1 aliphatic rings. The molecular weight excluding hydrogens is 310 g/mol. The zero-order chi connectivity index (χ0) is 14.1. The molecule has 1 amide bonds. The van der Waals surface area contributed by atoms with E-state index in [1.165, 1.54) is 0 Å². The summed E-state index contributed by atoms with van der Waals surface area (Å²) in [4.78, 5) is 23.6. The largest absolute Gasteiger partial charge is 0.463 e. The number of halogens is 1. The maximum Gasteiger partial charge on any atom is 0.335 e. The number of hydrogen-bond acceptors (Lipinski definition) is 3. The summed E-state index contributed by atoms with van der Waals surface area (Å²) in [6, 6.07) is 0. The fourth-order valence-electron chi connectivity index (χ4n) is 2.10. The Morgan fingerprint density at radius 3 is 2.68 bits per heavy atom. The minimum Gasteiger partial charge on any atom is -0.463 e. The number of amides is 1. The minimum atomic E-state index is -0.280. The summed E-state index contributed by atoms with van der Waals surface area (Å²) in [5.74, 6) is -0.280. The third-order valence-corrected chi connectivity index (χ3v) is 3.63. The Morgan fingerprint density at radius 1 is 1.26 bits per heavy atom. The first kappa shape index (κ1) is 16.2. The normalized spacial score (nSPS) is 15.3. The summed E-state index contributed by atoms with van der Waals surface area (Å²) in [6.45, 7) is 2.16. The Kier molecular flexibility index (Phi) is 7.79. The summed E-state index contributed by atoms with van der Waals surface area (Å²) < 4.78 is 5.04. The summed E-state index contributed by atoms with van der Waals surface area (Å²) >= 11 is 3.34. The van der Waals surface area contributed by atoms with Gasteiger partial charge in [-0.15, -0.1) is 0 Å². The van der Waals surface area contributed by atoms with E-state index in [4.69, 9.17) is 4.74 Å². The van der Waals surface area contributed by atoms with E-state index >= 15 is 0 Å². The van der Waals surface area contributed by atoms with Crippen molar-refractivity contribution in [1.82, 2.24) is 5.32 Å². The second-order valence-corrected chi connectivity index (χ2v) is 5.37. The molecule has 0 spiro atoms. The number of esters is 1. The van der Waals surface area contributed by atoms with E-state index in [-0.39, 0.29) is 11.9 Å². The highest BCUT2D eigenvalue weighted by Crippen LogP contribution is 2.24. The monoisotopic (exact) mass is 331 g/mol. The third-order valence-electron chi connectivity index (χ3n) is 3.07. The quantitative estimate of drug-likeness (QED) is 0.443. The van der Waals surface area contributed by atoms with Crippen LogP contribution >= 0.6 is 15.9 Å². The van der Waals surface area contributed by atoms with Crippen LogP contribution in [0.5, 0.6) is 0 Å². The predicted octanol–water partition coefficient (Wildman–Crippen LogP) is 3.06. The summed E-state index contributed by atoms with van der Waals surface area (Å²) in [5, 5.41) is 3.81. The highest BCUT2D eigenvalue weighted by Gasteiger charge is 2.21. The molecule has 0 radical (unpaired) electrons. The molecule has 0 bridgehead atoms. The first-order valence-electron chi connectivity index (χ1n) is 6.94. The van der Waals surface area contributed by atoms with Crippen LogP contribution in [0.3, 0.4) is 0 Å². The van der Waals surface area contributed by atoms with Gasteiger partial charge in [0.2, 0.25) is 5.91 Å². The number of nitrogens with one attached hydrogen (secondary N) is 1. The van der Waals surface area contributed by atoms with E-state index < -0.39 is 0 Å². The van der Waals surface area contributed by atoms with E-state index in [1.54, 1.807) is 6.92 Å². The van der Waals surface area contributed by atoms with Crippen LogP contribution in [0.4, 0.5) is 0 Å². The molecule has 0 heterocycles. The van der Waals surface area contributed by atoms with Gasteiger partial charge in [0.15, 0.2) is 0 Å². The standard InChI is InChI=1S/C14H22BrNO3/c1-2-19-14(18)11-7-3-4-8-12(11)16-13(17)9-5-6-10-15/h2-10H2,1H3,(H,16,17). The lowest BCUT2D eigenvalue weighted by atomic mass is 9.96. The zero-order valence-electron chi connectivity index (χ0n) is 11.5. The van der Waals surface area contributed by atoms with E-state index in [0.717, 1.165) is 43.1 Å². The molecule has 1 rings (SSSR count). The number of allylic oxidation sites excluding steroid dienone is 1. The highest BCUT2D eigenvalue weighted by atomic mass is 79.9. The van der Waals surface area contributed by atoms with Crippen molar-refractivity contribution in [2.24, 2.45) is 0 Å². The third kappa shape index (κ3) is 5.76. The Bertz CT molecular complexity index is 353. The first-order chi connectivity index (χ1) is 9.19. The lowest BCUT2D eigenvalue weighted by molar-refractivity contribution is -0.138. The van der Waals surface area contributed by atoms with Crippen LogP contribution in [-0.4, -0.2) is 23.8 Å². The van der Waals surface area contributed by atoms with Crippen molar-refractivity contribution in [3.63, 3.8) is 0 Å². The Balaban J connectivity index is 2.59. The van der Waals surface area contributed by atoms with Crippen LogP contribution in [-0.2, 0) is 14.3 Å². The Labute approximate surface area is 123 Å². The molecule has 1 aliphatic carbocycles. The molecular formula is C14H22BrNO3. The highest BCUT2D eigenvalue weighted by molar-refractivity contribution is 9.09. The molecule has 0 atom stereocenters. The van der Waals surface area contributed by atoms with Gasteiger partial charge in [-0.05, 0) is 45.4 Å². The molecule has 0 saturated heterocycles. The van der Waals surface area contributed by atoms with Crippen molar-refractivity contribution in [3.8, 4) is 0 Å². The summed E-state index contributed by atoms with van der Waals surface area (Å²) in [6.07, 6.45) is 5.81. The molecule has 4 nitrogen and oxygen atoms in total. The van der Waals surface area contributed by atoms with Crippen LogP contribution in [0.2, 0.25) is 0 Å². The van der Waals surface area contributed by atoms with Gasteiger partial charge in [-0.1, -0.05) is 15.9 Å². The maximum absolute atomic E-state index is 11.8. The van der Waals surface area contributed by atoms with Crippen LogP contribution in [0, 0.1) is 0 Å². The van der Waals surface area contributed by atoms with Crippen molar-refractivity contribution in [2.45, 2.75) is 51.9 Å². The second kappa shape index (κ2) is 9.13. The average Bonchev–Trinajstić information content (AvgIpc) is 2.40. The summed E-state index contributed by atoms with van der Waals surface area (Å²) in [5.41, 5.74) is 1.43. The fraction of sp³-hybridized carbons (Fsp3) is 0.714. The number of unbranched alkanes of at least 4 members (excludes halogenated alkanes) is 1. The van der Waals surface area contributed by atoms with Gasteiger partial charge in [-0.2, -0.15) is 0 Å². The molecule has 0 unspecified atom stereocenters.